The fraction of sp³-hybridized carbons (Fsp3) is 0.238. The van der Waals surface area contributed by atoms with Gasteiger partial charge in [-0.1, -0.05) is 0 Å². The van der Waals surface area contributed by atoms with Gasteiger partial charge in [0.1, 0.15) is 17.1 Å². The molecule has 0 fully saturated rings. The average Bonchev–Trinajstić information content (AvgIpc) is 2.59. The molecule has 0 aliphatic carbocycles. The van der Waals surface area contributed by atoms with Crippen molar-refractivity contribution in [3.05, 3.63) is 64.7 Å². The SMILES string of the molecule is CC1=C(C)C(C)(C)Oc2cc(OC(=O)c3ccc(C(=O)O)cc3)ccc21. The largest absolute Gasteiger partial charge is 0.483 e. The summed E-state index contributed by atoms with van der Waals surface area (Å²) in [6, 6.07) is 10.9. The van der Waals surface area contributed by atoms with Crippen LogP contribution in [0.5, 0.6) is 11.5 Å². The zero-order valence-electron chi connectivity index (χ0n) is 15.1. The Balaban J connectivity index is 1.84. The average molecular weight is 352 g/mol. The van der Waals surface area contributed by atoms with E-state index in [-0.39, 0.29) is 11.1 Å². The van der Waals surface area contributed by atoms with Crippen LogP contribution in [0, 0.1) is 0 Å². The summed E-state index contributed by atoms with van der Waals surface area (Å²) >= 11 is 0. The van der Waals surface area contributed by atoms with Crippen LogP contribution in [0.25, 0.3) is 5.57 Å². The summed E-state index contributed by atoms with van der Waals surface area (Å²) in [6.07, 6.45) is 0. The summed E-state index contributed by atoms with van der Waals surface area (Å²) in [7, 11) is 0. The molecule has 3 rings (SSSR count). The summed E-state index contributed by atoms with van der Waals surface area (Å²) in [6.45, 7) is 8.09. The van der Waals surface area contributed by atoms with Crippen LogP contribution in [0.2, 0.25) is 0 Å². The van der Waals surface area contributed by atoms with Gasteiger partial charge in [-0.25, -0.2) is 9.59 Å². The number of hydrogen-bond donors (Lipinski definition) is 1. The third kappa shape index (κ3) is 3.20. The van der Waals surface area contributed by atoms with Gasteiger partial charge in [-0.15, -0.1) is 0 Å². The van der Waals surface area contributed by atoms with Crippen LogP contribution in [0.1, 0.15) is 54.0 Å². The standard InChI is InChI=1S/C21H20O5/c1-12-13(2)21(3,4)26-18-11-16(9-10-17(12)18)25-20(24)15-7-5-14(6-8-15)19(22)23/h5-11H,1-4H3,(H,22,23). The first-order chi connectivity index (χ1) is 12.2. The molecule has 5 heteroatoms. The lowest BCUT2D eigenvalue weighted by Gasteiger charge is -2.35. The fourth-order valence-electron chi connectivity index (χ4n) is 2.88. The van der Waals surface area contributed by atoms with E-state index < -0.39 is 17.5 Å². The van der Waals surface area contributed by atoms with Gasteiger partial charge < -0.3 is 14.6 Å². The number of allylic oxidation sites excluding steroid dienone is 1. The summed E-state index contributed by atoms with van der Waals surface area (Å²) in [5.74, 6) is -0.553. The van der Waals surface area contributed by atoms with Gasteiger partial charge in [-0.05, 0) is 75.2 Å². The van der Waals surface area contributed by atoms with Crippen molar-refractivity contribution in [2.45, 2.75) is 33.3 Å². The van der Waals surface area contributed by atoms with Crippen LogP contribution in [-0.4, -0.2) is 22.6 Å². The zero-order valence-corrected chi connectivity index (χ0v) is 15.1. The Bertz CT molecular complexity index is 920. The number of hydrogen-bond acceptors (Lipinski definition) is 4. The molecule has 26 heavy (non-hydrogen) atoms. The monoisotopic (exact) mass is 352 g/mol. The predicted octanol–water partition coefficient (Wildman–Crippen LogP) is 4.57. The van der Waals surface area contributed by atoms with Crippen molar-refractivity contribution in [1.82, 2.24) is 0 Å². The van der Waals surface area contributed by atoms with Crippen LogP contribution in [0.15, 0.2) is 48.0 Å². The molecule has 1 aliphatic rings. The molecule has 0 bridgehead atoms. The third-order valence-corrected chi connectivity index (χ3v) is 4.77. The molecule has 0 saturated carbocycles. The lowest BCUT2D eigenvalue weighted by atomic mass is 9.88. The summed E-state index contributed by atoms with van der Waals surface area (Å²) < 4.78 is 11.5. The number of esters is 1. The number of carbonyl (C=O) groups excluding carboxylic acids is 1. The molecular formula is C21H20O5. The van der Waals surface area contributed by atoms with E-state index in [4.69, 9.17) is 14.6 Å². The Hall–Kier alpha value is -3.08. The molecule has 0 amide bonds. The fourth-order valence-corrected chi connectivity index (χ4v) is 2.88. The molecular weight excluding hydrogens is 332 g/mol. The Kier molecular flexibility index (Phi) is 4.32. The van der Waals surface area contributed by atoms with Gasteiger partial charge in [0, 0.05) is 11.6 Å². The molecule has 134 valence electrons. The van der Waals surface area contributed by atoms with Gasteiger partial charge in [0.05, 0.1) is 11.1 Å². The Morgan fingerprint density at radius 2 is 1.62 bits per heavy atom. The van der Waals surface area contributed by atoms with Crippen molar-refractivity contribution in [3.63, 3.8) is 0 Å². The second-order valence-electron chi connectivity index (χ2n) is 6.79. The minimum atomic E-state index is -1.04. The van der Waals surface area contributed by atoms with Crippen molar-refractivity contribution >= 4 is 17.5 Å². The van der Waals surface area contributed by atoms with E-state index in [1.54, 1.807) is 12.1 Å². The van der Waals surface area contributed by atoms with Crippen LogP contribution in [0.4, 0.5) is 0 Å². The molecule has 0 radical (unpaired) electrons. The minimum absolute atomic E-state index is 0.114. The van der Waals surface area contributed by atoms with Gasteiger partial charge in [0.25, 0.3) is 0 Å². The number of carboxylic acid groups (broad SMARTS) is 1. The van der Waals surface area contributed by atoms with E-state index in [0.29, 0.717) is 11.5 Å². The van der Waals surface area contributed by atoms with E-state index in [0.717, 1.165) is 16.7 Å². The Morgan fingerprint density at radius 1 is 1.00 bits per heavy atom. The molecule has 0 atom stereocenters. The number of aromatic carboxylic acids is 1. The summed E-state index contributed by atoms with van der Waals surface area (Å²) in [4.78, 5) is 23.2. The van der Waals surface area contributed by atoms with Crippen molar-refractivity contribution in [2.24, 2.45) is 0 Å². The van der Waals surface area contributed by atoms with Crippen LogP contribution in [-0.2, 0) is 0 Å². The molecule has 0 saturated heterocycles. The first-order valence-corrected chi connectivity index (χ1v) is 8.26. The molecule has 1 N–H and O–H groups in total. The highest BCUT2D eigenvalue weighted by atomic mass is 16.5. The van der Waals surface area contributed by atoms with Crippen molar-refractivity contribution in [2.75, 3.05) is 0 Å². The van der Waals surface area contributed by atoms with Gasteiger partial charge in [0.2, 0.25) is 0 Å². The van der Waals surface area contributed by atoms with E-state index in [9.17, 15) is 9.59 Å². The highest BCUT2D eigenvalue weighted by Gasteiger charge is 2.30. The quantitative estimate of drug-likeness (QED) is 0.647. The number of ether oxygens (including phenoxy) is 2. The topological polar surface area (TPSA) is 72.8 Å². The lowest BCUT2D eigenvalue weighted by molar-refractivity contribution is 0.0691. The zero-order chi connectivity index (χ0) is 19.1. The molecule has 1 aliphatic heterocycles. The normalized spacial score (nSPS) is 15.1. The summed E-state index contributed by atoms with van der Waals surface area (Å²) in [5.41, 5.74) is 3.26. The molecule has 0 unspecified atom stereocenters. The number of rotatable bonds is 3. The van der Waals surface area contributed by atoms with Gasteiger partial charge >= 0.3 is 11.9 Å². The maximum atomic E-state index is 12.3. The number of carbonyl (C=O) groups is 2. The number of carboxylic acids is 1. The summed E-state index contributed by atoms with van der Waals surface area (Å²) in [5, 5.41) is 8.91. The van der Waals surface area contributed by atoms with Gasteiger partial charge in [-0.2, -0.15) is 0 Å². The van der Waals surface area contributed by atoms with Crippen LogP contribution in [0.3, 0.4) is 0 Å². The van der Waals surface area contributed by atoms with Crippen molar-refractivity contribution < 1.29 is 24.2 Å². The van der Waals surface area contributed by atoms with Crippen molar-refractivity contribution in [1.29, 1.82) is 0 Å². The van der Waals surface area contributed by atoms with E-state index in [2.05, 4.69) is 0 Å². The number of fused-ring (bicyclic) bond motifs is 1. The first-order valence-electron chi connectivity index (χ1n) is 8.26. The van der Waals surface area contributed by atoms with Gasteiger partial charge in [0.15, 0.2) is 0 Å². The first kappa shape index (κ1) is 17.7. The maximum absolute atomic E-state index is 12.3. The second-order valence-corrected chi connectivity index (χ2v) is 6.79. The minimum Gasteiger partial charge on any atom is -0.483 e. The smallest absolute Gasteiger partial charge is 0.343 e. The van der Waals surface area contributed by atoms with Gasteiger partial charge in [-0.3, -0.25) is 0 Å². The van der Waals surface area contributed by atoms with Crippen molar-refractivity contribution in [3.8, 4) is 11.5 Å². The van der Waals surface area contributed by atoms with Crippen LogP contribution < -0.4 is 9.47 Å². The highest BCUT2D eigenvalue weighted by Crippen LogP contribution is 2.41. The lowest BCUT2D eigenvalue weighted by Crippen LogP contribution is -2.33. The third-order valence-electron chi connectivity index (χ3n) is 4.77. The molecule has 1 heterocycles. The molecule has 0 aromatic heterocycles. The molecule has 5 nitrogen and oxygen atoms in total. The predicted molar refractivity (Wildman–Crippen MR) is 97.8 cm³/mol. The Labute approximate surface area is 151 Å². The van der Waals surface area contributed by atoms with Crippen LogP contribution >= 0.6 is 0 Å². The van der Waals surface area contributed by atoms with E-state index in [1.165, 1.54) is 24.3 Å². The number of benzene rings is 2. The maximum Gasteiger partial charge on any atom is 0.343 e. The van der Waals surface area contributed by atoms with E-state index >= 15 is 0 Å². The highest BCUT2D eigenvalue weighted by molar-refractivity contribution is 5.93. The molecule has 2 aromatic carbocycles. The molecule has 2 aromatic rings. The Morgan fingerprint density at radius 3 is 2.23 bits per heavy atom. The second kappa shape index (κ2) is 6.33. The molecule has 0 spiro atoms. The van der Waals surface area contributed by atoms with E-state index in [1.807, 2.05) is 33.8 Å².